The number of nitrogens with zero attached hydrogens (tertiary/aromatic N) is 2. The third-order valence-electron chi connectivity index (χ3n) is 3.39. The standard InChI is InChI=1S/C17H26N2O2/c1-5-7-10-19(3)15(13-18)14-8-9-16(21-11-6-2)17(12-14)20-4/h8-9,12,15H,5-7,10-11H2,1-4H3. The molecule has 0 aliphatic carbocycles. The maximum atomic E-state index is 9.46. The van der Waals surface area contributed by atoms with Gasteiger partial charge in [-0.3, -0.25) is 4.90 Å². The van der Waals surface area contributed by atoms with Gasteiger partial charge in [0.1, 0.15) is 6.04 Å². The van der Waals surface area contributed by atoms with Crippen molar-refractivity contribution in [1.29, 1.82) is 5.26 Å². The second-order valence-corrected chi connectivity index (χ2v) is 5.12. The molecule has 1 unspecified atom stereocenters. The number of methoxy groups -OCH3 is 1. The van der Waals surface area contributed by atoms with Crippen LogP contribution >= 0.6 is 0 Å². The van der Waals surface area contributed by atoms with Gasteiger partial charge in [-0.1, -0.05) is 26.3 Å². The molecule has 1 aromatic carbocycles. The first-order chi connectivity index (χ1) is 10.2. The van der Waals surface area contributed by atoms with Gasteiger partial charge in [-0.2, -0.15) is 5.26 Å². The minimum atomic E-state index is -0.259. The van der Waals surface area contributed by atoms with Crippen LogP contribution in [0.3, 0.4) is 0 Å². The molecule has 0 aromatic heterocycles. The van der Waals surface area contributed by atoms with Crippen molar-refractivity contribution >= 4 is 0 Å². The molecule has 4 nitrogen and oxygen atoms in total. The van der Waals surface area contributed by atoms with E-state index < -0.39 is 0 Å². The Bertz CT molecular complexity index is 468. The highest BCUT2D eigenvalue weighted by atomic mass is 16.5. The summed E-state index contributed by atoms with van der Waals surface area (Å²) in [7, 11) is 3.61. The third-order valence-corrected chi connectivity index (χ3v) is 3.39. The van der Waals surface area contributed by atoms with Gasteiger partial charge < -0.3 is 9.47 Å². The smallest absolute Gasteiger partial charge is 0.161 e. The summed E-state index contributed by atoms with van der Waals surface area (Å²) in [5.74, 6) is 1.42. The third kappa shape index (κ3) is 4.95. The van der Waals surface area contributed by atoms with E-state index in [9.17, 15) is 5.26 Å². The van der Waals surface area contributed by atoms with Crippen molar-refractivity contribution in [2.45, 2.75) is 39.2 Å². The van der Waals surface area contributed by atoms with Crippen molar-refractivity contribution in [2.75, 3.05) is 27.3 Å². The number of hydrogen-bond donors (Lipinski definition) is 0. The van der Waals surface area contributed by atoms with Gasteiger partial charge in [0.05, 0.1) is 19.8 Å². The maximum Gasteiger partial charge on any atom is 0.161 e. The van der Waals surface area contributed by atoms with Crippen molar-refractivity contribution < 1.29 is 9.47 Å². The maximum absolute atomic E-state index is 9.46. The molecule has 1 rings (SSSR count). The predicted molar refractivity (Wildman–Crippen MR) is 84.7 cm³/mol. The molecule has 1 atom stereocenters. The van der Waals surface area contributed by atoms with Crippen LogP contribution in [-0.2, 0) is 0 Å². The molecular formula is C17H26N2O2. The lowest BCUT2D eigenvalue weighted by Gasteiger charge is -2.23. The van der Waals surface area contributed by atoms with Gasteiger partial charge >= 0.3 is 0 Å². The van der Waals surface area contributed by atoms with Crippen molar-refractivity contribution in [2.24, 2.45) is 0 Å². The average Bonchev–Trinajstić information content (AvgIpc) is 2.52. The van der Waals surface area contributed by atoms with Crippen LogP contribution in [0.4, 0.5) is 0 Å². The van der Waals surface area contributed by atoms with E-state index in [1.54, 1.807) is 7.11 Å². The van der Waals surface area contributed by atoms with E-state index in [2.05, 4.69) is 24.8 Å². The molecule has 0 aliphatic heterocycles. The zero-order valence-corrected chi connectivity index (χ0v) is 13.6. The summed E-state index contributed by atoms with van der Waals surface area (Å²) >= 11 is 0. The normalized spacial score (nSPS) is 12.0. The van der Waals surface area contributed by atoms with E-state index >= 15 is 0 Å². The second kappa shape index (κ2) is 9.25. The van der Waals surface area contributed by atoms with E-state index in [4.69, 9.17) is 9.47 Å². The van der Waals surface area contributed by atoms with Crippen molar-refractivity contribution in [3.63, 3.8) is 0 Å². The largest absolute Gasteiger partial charge is 0.493 e. The number of ether oxygens (including phenoxy) is 2. The lowest BCUT2D eigenvalue weighted by molar-refractivity contribution is 0.281. The molecule has 0 fully saturated rings. The molecule has 0 spiro atoms. The minimum Gasteiger partial charge on any atom is -0.493 e. The van der Waals surface area contributed by atoms with Crippen LogP contribution < -0.4 is 9.47 Å². The molecule has 0 aliphatic rings. The Kier molecular flexibility index (Phi) is 7.63. The number of benzene rings is 1. The minimum absolute atomic E-state index is 0.259. The SMILES string of the molecule is CCCCN(C)C(C#N)c1ccc(OCCC)c(OC)c1. The fourth-order valence-corrected chi connectivity index (χ4v) is 2.15. The molecule has 0 radical (unpaired) electrons. The highest BCUT2D eigenvalue weighted by Gasteiger charge is 2.18. The average molecular weight is 290 g/mol. The number of unbranched alkanes of at least 4 members (excludes halogenated alkanes) is 1. The van der Waals surface area contributed by atoms with Crippen molar-refractivity contribution in [3.8, 4) is 17.6 Å². The Labute approximate surface area is 128 Å². The highest BCUT2D eigenvalue weighted by Crippen LogP contribution is 2.31. The topological polar surface area (TPSA) is 45.5 Å². The quantitative estimate of drug-likeness (QED) is 0.694. The van der Waals surface area contributed by atoms with E-state index in [-0.39, 0.29) is 6.04 Å². The summed E-state index contributed by atoms with van der Waals surface area (Å²) in [6, 6.07) is 7.85. The van der Waals surface area contributed by atoms with Gasteiger partial charge in [-0.15, -0.1) is 0 Å². The lowest BCUT2D eigenvalue weighted by atomic mass is 10.1. The van der Waals surface area contributed by atoms with Gasteiger partial charge in [0.2, 0.25) is 0 Å². The van der Waals surface area contributed by atoms with E-state index in [1.165, 1.54) is 0 Å². The first-order valence-electron chi connectivity index (χ1n) is 7.58. The molecule has 4 heteroatoms. The highest BCUT2D eigenvalue weighted by molar-refractivity contribution is 5.44. The van der Waals surface area contributed by atoms with E-state index in [0.717, 1.165) is 37.1 Å². The lowest BCUT2D eigenvalue weighted by Crippen LogP contribution is -2.24. The summed E-state index contributed by atoms with van der Waals surface area (Å²) in [6.07, 6.45) is 3.16. The van der Waals surface area contributed by atoms with Crippen LogP contribution in [0, 0.1) is 11.3 Å². The molecular weight excluding hydrogens is 264 g/mol. The Morgan fingerprint density at radius 1 is 1.24 bits per heavy atom. The first kappa shape index (κ1) is 17.3. The molecule has 0 saturated heterocycles. The Morgan fingerprint density at radius 3 is 2.57 bits per heavy atom. The Hall–Kier alpha value is -1.73. The van der Waals surface area contributed by atoms with E-state index in [0.29, 0.717) is 12.4 Å². The van der Waals surface area contributed by atoms with Crippen LogP contribution in [-0.4, -0.2) is 32.2 Å². The van der Waals surface area contributed by atoms with Crippen LogP contribution in [0.15, 0.2) is 18.2 Å². The van der Waals surface area contributed by atoms with Crippen LogP contribution in [0.2, 0.25) is 0 Å². The monoisotopic (exact) mass is 290 g/mol. The zero-order valence-electron chi connectivity index (χ0n) is 13.6. The molecule has 0 N–H and O–H groups in total. The summed E-state index contributed by atoms with van der Waals surface area (Å²) < 4.78 is 11.0. The van der Waals surface area contributed by atoms with Gasteiger partial charge in [0.25, 0.3) is 0 Å². The first-order valence-corrected chi connectivity index (χ1v) is 7.58. The number of nitriles is 1. The summed E-state index contributed by atoms with van der Waals surface area (Å²) in [6.45, 7) is 5.78. The van der Waals surface area contributed by atoms with Crippen LogP contribution in [0.1, 0.15) is 44.7 Å². The van der Waals surface area contributed by atoms with Crippen LogP contribution in [0.25, 0.3) is 0 Å². The molecule has 0 bridgehead atoms. The van der Waals surface area contributed by atoms with Gasteiger partial charge in [0.15, 0.2) is 11.5 Å². The summed E-state index contributed by atoms with van der Waals surface area (Å²) in [4.78, 5) is 2.07. The fraction of sp³-hybridized carbons (Fsp3) is 0.588. The molecule has 0 saturated carbocycles. The zero-order chi connectivity index (χ0) is 15.7. The van der Waals surface area contributed by atoms with Gasteiger partial charge in [-0.05, 0) is 44.1 Å². The second-order valence-electron chi connectivity index (χ2n) is 5.12. The van der Waals surface area contributed by atoms with E-state index in [1.807, 2.05) is 25.2 Å². The van der Waals surface area contributed by atoms with Crippen LogP contribution in [0.5, 0.6) is 11.5 Å². The number of hydrogen-bond acceptors (Lipinski definition) is 4. The fourth-order valence-electron chi connectivity index (χ4n) is 2.15. The Balaban J connectivity index is 2.93. The molecule has 0 heterocycles. The molecule has 116 valence electrons. The van der Waals surface area contributed by atoms with Crippen molar-refractivity contribution in [1.82, 2.24) is 4.90 Å². The molecule has 0 amide bonds. The molecule has 21 heavy (non-hydrogen) atoms. The molecule has 1 aromatic rings. The summed E-state index contributed by atoms with van der Waals surface area (Å²) in [5.41, 5.74) is 0.941. The Morgan fingerprint density at radius 2 is 2.00 bits per heavy atom. The number of rotatable bonds is 9. The van der Waals surface area contributed by atoms with Gasteiger partial charge in [0, 0.05) is 0 Å². The predicted octanol–water partition coefficient (Wildman–Crippen LogP) is 3.78. The summed E-state index contributed by atoms with van der Waals surface area (Å²) in [5, 5.41) is 9.46. The van der Waals surface area contributed by atoms with Crippen molar-refractivity contribution in [3.05, 3.63) is 23.8 Å². The van der Waals surface area contributed by atoms with Gasteiger partial charge in [-0.25, -0.2) is 0 Å².